The molecule has 5 aromatic rings. The van der Waals surface area contributed by atoms with Gasteiger partial charge in [-0.2, -0.15) is 0 Å². The molecule has 1 fully saturated rings. The molecular weight excluding hydrogens is 518 g/mol. The Kier molecular flexibility index (Phi) is 8.12. The van der Waals surface area contributed by atoms with Gasteiger partial charge in [0.2, 0.25) is 5.91 Å². The zero-order valence-electron chi connectivity index (χ0n) is 24.9. The van der Waals surface area contributed by atoms with Crippen LogP contribution in [0.15, 0.2) is 78.9 Å². The molecule has 2 aromatic heterocycles. The second-order valence-electron chi connectivity index (χ2n) is 11.9. The van der Waals surface area contributed by atoms with Gasteiger partial charge in [-0.15, -0.1) is 0 Å². The van der Waals surface area contributed by atoms with E-state index in [4.69, 9.17) is 4.98 Å². The number of hydrogen-bond acceptors (Lipinski definition) is 3. The number of para-hydroxylation sites is 1. The number of aliphatic hydroxyl groups excluding tert-OH is 1. The molecule has 0 saturated heterocycles. The normalized spacial score (nSPS) is 15.3. The minimum atomic E-state index is -0.411. The number of carbonyl (C=O) groups is 1. The quantitative estimate of drug-likeness (QED) is 0.198. The lowest BCUT2D eigenvalue weighted by Crippen LogP contribution is -2.37. The van der Waals surface area contributed by atoms with Crippen molar-refractivity contribution in [1.29, 1.82) is 0 Å². The third-order valence-electron chi connectivity index (χ3n) is 9.36. The van der Waals surface area contributed by atoms with Crippen LogP contribution in [0.25, 0.3) is 16.6 Å². The maximum absolute atomic E-state index is 13.8. The first kappa shape index (κ1) is 28.2. The Morgan fingerprint density at radius 1 is 0.929 bits per heavy atom. The summed E-state index contributed by atoms with van der Waals surface area (Å²) in [4.78, 5) is 18.9. The highest BCUT2D eigenvalue weighted by Crippen LogP contribution is 2.38. The van der Waals surface area contributed by atoms with Crippen LogP contribution in [-0.4, -0.2) is 27.0 Å². The molecule has 1 aliphatic carbocycles. The van der Waals surface area contributed by atoms with Gasteiger partial charge in [0, 0.05) is 28.8 Å². The molecule has 6 rings (SSSR count). The first-order valence-corrected chi connectivity index (χ1v) is 15.4. The summed E-state index contributed by atoms with van der Waals surface area (Å²) in [5, 5.41) is 14.5. The van der Waals surface area contributed by atoms with Crippen molar-refractivity contribution in [1.82, 2.24) is 14.7 Å². The topological polar surface area (TPSA) is 66.6 Å². The molecule has 0 bridgehead atoms. The van der Waals surface area contributed by atoms with Crippen LogP contribution in [0.1, 0.15) is 83.8 Å². The minimum absolute atomic E-state index is 0.00357. The number of rotatable bonds is 9. The van der Waals surface area contributed by atoms with E-state index in [2.05, 4.69) is 79.0 Å². The lowest BCUT2D eigenvalue weighted by molar-refractivity contribution is -0.124. The van der Waals surface area contributed by atoms with Gasteiger partial charge in [0.25, 0.3) is 0 Å². The Hall–Kier alpha value is -3.96. The smallest absolute Gasteiger partial charge is 0.228 e. The van der Waals surface area contributed by atoms with Crippen molar-refractivity contribution in [3.63, 3.8) is 0 Å². The largest absolute Gasteiger partial charge is 0.394 e. The zero-order valence-corrected chi connectivity index (χ0v) is 24.9. The fourth-order valence-electron chi connectivity index (χ4n) is 7.22. The monoisotopic (exact) mass is 559 g/mol. The average Bonchev–Trinajstić information content (AvgIpc) is 3.64. The van der Waals surface area contributed by atoms with Gasteiger partial charge in [0.05, 0.1) is 24.1 Å². The van der Waals surface area contributed by atoms with Crippen molar-refractivity contribution in [3.8, 4) is 0 Å². The van der Waals surface area contributed by atoms with Gasteiger partial charge in [0.1, 0.15) is 5.65 Å². The predicted molar refractivity (Wildman–Crippen MR) is 170 cm³/mol. The lowest BCUT2D eigenvalue weighted by atomic mass is 9.83. The summed E-state index contributed by atoms with van der Waals surface area (Å²) in [7, 11) is 0. The van der Waals surface area contributed by atoms with Gasteiger partial charge in [0.15, 0.2) is 0 Å². The van der Waals surface area contributed by atoms with E-state index in [1.807, 2.05) is 30.3 Å². The number of fused-ring (bicyclic) bond motifs is 3. The second-order valence-corrected chi connectivity index (χ2v) is 11.9. The number of benzene rings is 3. The molecule has 2 N–H and O–H groups in total. The molecule has 3 aromatic carbocycles. The van der Waals surface area contributed by atoms with Crippen LogP contribution >= 0.6 is 0 Å². The van der Waals surface area contributed by atoms with E-state index in [0.717, 1.165) is 61.0 Å². The van der Waals surface area contributed by atoms with E-state index in [9.17, 15) is 9.90 Å². The average molecular weight is 560 g/mol. The van der Waals surface area contributed by atoms with Crippen molar-refractivity contribution in [2.75, 3.05) is 6.61 Å². The maximum Gasteiger partial charge on any atom is 0.228 e. The summed E-state index contributed by atoms with van der Waals surface area (Å²) < 4.78 is 2.33. The molecule has 0 radical (unpaired) electrons. The Morgan fingerprint density at radius 3 is 2.31 bits per heavy atom. The number of aryl methyl sites for hydroxylation is 2. The molecular formula is C37H41N3O2. The van der Waals surface area contributed by atoms with Crippen molar-refractivity contribution in [2.45, 2.75) is 71.3 Å². The van der Waals surface area contributed by atoms with Crippen molar-refractivity contribution in [3.05, 3.63) is 118 Å². The Bertz CT molecular complexity index is 1700. The molecule has 0 aliphatic heterocycles. The highest BCUT2D eigenvalue weighted by atomic mass is 16.3. The number of carbonyl (C=O) groups excluding carboxylic acids is 1. The third-order valence-corrected chi connectivity index (χ3v) is 9.36. The first-order valence-electron chi connectivity index (χ1n) is 15.4. The summed E-state index contributed by atoms with van der Waals surface area (Å²) >= 11 is 0. The van der Waals surface area contributed by atoms with E-state index >= 15 is 0 Å². The molecule has 2 unspecified atom stereocenters. The van der Waals surface area contributed by atoms with Crippen LogP contribution in [0, 0.1) is 19.8 Å². The molecule has 2 atom stereocenters. The van der Waals surface area contributed by atoms with Gasteiger partial charge < -0.3 is 10.4 Å². The zero-order chi connectivity index (χ0) is 29.2. The molecule has 1 amide bonds. The molecule has 1 aliphatic rings. The molecule has 5 nitrogen and oxygen atoms in total. The number of nitrogens with one attached hydrogen (secondary N) is 1. The molecule has 216 valence electrons. The molecule has 2 heterocycles. The number of amides is 1. The molecule has 0 spiro atoms. The fourth-order valence-corrected chi connectivity index (χ4v) is 7.22. The maximum atomic E-state index is 13.8. The van der Waals surface area contributed by atoms with Crippen LogP contribution < -0.4 is 5.32 Å². The summed E-state index contributed by atoms with van der Waals surface area (Å²) in [5.74, 6) is 0.0898. The second kappa shape index (κ2) is 12.1. The van der Waals surface area contributed by atoms with Crippen LogP contribution in [0.5, 0.6) is 0 Å². The SMILES string of the molecule is CCc1c(C)nc2c(Cc3ccc(C(C(=O)NC(CO)c4ccccc4)C4CCCC4)cc3)c3ccccc3n2c1C. The molecule has 42 heavy (non-hydrogen) atoms. The van der Waals surface area contributed by atoms with Gasteiger partial charge >= 0.3 is 0 Å². The van der Waals surface area contributed by atoms with Crippen LogP contribution in [0.3, 0.4) is 0 Å². The van der Waals surface area contributed by atoms with Crippen LogP contribution in [-0.2, 0) is 17.6 Å². The molecule has 1 saturated carbocycles. The number of aromatic nitrogens is 2. The van der Waals surface area contributed by atoms with Gasteiger partial charge in [-0.25, -0.2) is 4.98 Å². The van der Waals surface area contributed by atoms with Crippen molar-refractivity contribution >= 4 is 22.5 Å². The van der Waals surface area contributed by atoms with E-state index in [-0.39, 0.29) is 18.4 Å². The van der Waals surface area contributed by atoms with Crippen molar-refractivity contribution in [2.24, 2.45) is 5.92 Å². The van der Waals surface area contributed by atoms with Gasteiger partial charge in [-0.05, 0) is 67.3 Å². The number of aliphatic hydroxyl groups is 1. The number of nitrogens with zero attached hydrogens (tertiary/aromatic N) is 2. The van der Waals surface area contributed by atoms with E-state index in [1.54, 1.807) is 0 Å². The first-order chi connectivity index (χ1) is 20.5. The highest BCUT2D eigenvalue weighted by Gasteiger charge is 2.33. The number of hydrogen-bond donors (Lipinski definition) is 2. The van der Waals surface area contributed by atoms with E-state index < -0.39 is 6.04 Å². The van der Waals surface area contributed by atoms with E-state index in [0.29, 0.717) is 5.92 Å². The van der Waals surface area contributed by atoms with Gasteiger partial charge in [-0.3, -0.25) is 9.20 Å². The minimum Gasteiger partial charge on any atom is -0.394 e. The van der Waals surface area contributed by atoms with E-state index in [1.165, 1.54) is 33.3 Å². The van der Waals surface area contributed by atoms with Gasteiger partial charge in [-0.1, -0.05) is 92.6 Å². The standard InChI is InChI=1S/C37H41N3O2/c1-4-30-24(2)38-36-32(31-16-10-11-17-34(31)40(36)25(30)3)22-26-18-20-29(21-19-26)35(28-14-8-9-15-28)37(42)39-33(23-41)27-12-6-5-7-13-27/h5-7,10-13,16-21,28,33,35,41H,4,8-9,14-15,22-23H2,1-3H3,(H,39,42). The summed E-state index contributed by atoms with van der Waals surface area (Å²) in [5.41, 5.74) is 10.3. The third kappa shape index (κ3) is 5.22. The summed E-state index contributed by atoms with van der Waals surface area (Å²) in [6, 6.07) is 26.6. The van der Waals surface area contributed by atoms with Crippen LogP contribution in [0.2, 0.25) is 0 Å². The summed E-state index contributed by atoms with van der Waals surface area (Å²) in [6.07, 6.45) is 6.17. The summed E-state index contributed by atoms with van der Waals surface area (Å²) in [6.45, 7) is 6.40. The highest BCUT2D eigenvalue weighted by molar-refractivity contribution is 5.92. The van der Waals surface area contributed by atoms with Crippen LogP contribution in [0.4, 0.5) is 0 Å². The van der Waals surface area contributed by atoms with Crippen molar-refractivity contribution < 1.29 is 9.90 Å². The Morgan fingerprint density at radius 2 is 1.62 bits per heavy atom. The predicted octanol–water partition coefficient (Wildman–Crippen LogP) is 7.38. The lowest BCUT2D eigenvalue weighted by Gasteiger charge is -2.26. The molecule has 5 heteroatoms. The Balaban J connectivity index is 1.32. The Labute approximate surface area is 248 Å². The fraction of sp³-hybridized carbons (Fsp3) is 0.351.